The first kappa shape index (κ1) is 23.6. The molecule has 5 rings (SSSR count). The van der Waals surface area contributed by atoms with E-state index in [-0.39, 0.29) is 18.5 Å². The zero-order valence-corrected chi connectivity index (χ0v) is 20.7. The largest absolute Gasteiger partial charge is 0.419 e. The fraction of sp³-hybridized carbons (Fsp3) is 0.179. The molecule has 2 heterocycles. The summed E-state index contributed by atoms with van der Waals surface area (Å²) in [4.78, 5) is 33.7. The van der Waals surface area contributed by atoms with Gasteiger partial charge in [-0.25, -0.2) is 4.79 Å². The van der Waals surface area contributed by atoms with Crippen molar-refractivity contribution >= 4 is 51.5 Å². The highest BCUT2D eigenvalue weighted by Gasteiger charge is 2.35. The SMILES string of the molecule is CC(=O)N1c2ccc(C3=C(N)CC=CC=C3)cc2N(C(=O)Oc2ccc(Cl)c3cccnc23)C[C@@H]1C. The van der Waals surface area contributed by atoms with Crippen molar-refractivity contribution in [2.75, 3.05) is 16.3 Å². The second-order valence-corrected chi connectivity index (χ2v) is 9.20. The van der Waals surface area contributed by atoms with Crippen LogP contribution in [0.3, 0.4) is 0 Å². The predicted octanol–water partition coefficient (Wildman–Crippen LogP) is 5.83. The lowest BCUT2D eigenvalue weighted by Crippen LogP contribution is -2.52. The average Bonchev–Trinajstić information content (AvgIpc) is 3.09. The molecule has 0 radical (unpaired) electrons. The van der Waals surface area contributed by atoms with Crippen LogP contribution in [-0.2, 0) is 4.79 Å². The summed E-state index contributed by atoms with van der Waals surface area (Å²) >= 11 is 6.31. The van der Waals surface area contributed by atoms with Crippen molar-refractivity contribution in [1.82, 2.24) is 4.98 Å². The Labute approximate surface area is 214 Å². The number of ether oxygens (including phenoxy) is 1. The standard InChI is InChI=1S/C28H25ClN4O3/c1-17-16-32(28(35)36-26-13-11-22(29)21-8-6-14-31-27(21)26)25-15-19(10-12-24(25)33(17)18(2)34)20-7-4-3-5-9-23(20)30/h3-8,10-15,17H,9,16,30H2,1-2H3/t17-/m0/s1. The molecule has 1 aliphatic carbocycles. The number of amides is 2. The maximum Gasteiger partial charge on any atom is 0.419 e. The van der Waals surface area contributed by atoms with Crippen LogP contribution in [0.15, 0.2) is 78.7 Å². The van der Waals surface area contributed by atoms with Gasteiger partial charge in [-0.2, -0.15) is 0 Å². The molecule has 0 spiro atoms. The number of rotatable bonds is 2. The van der Waals surface area contributed by atoms with Crippen LogP contribution >= 0.6 is 11.6 Å². The van der Waals surface area contributed by atoms with Crippen molar-refractivity contribution in [3.8, 4) is 5.75 Å². The van der Waals surface area contributed by atoms with Gasteiger partial charge in [-0.15, -0.1) is 0 Å². The maximum atomic E-state index is 13.6. The molecule has 7 nitrogen and oxygen atoms in total. The third-order valence-corrected chi connectivity index (χ3v) is 6.68. The van der Waals surface area contributed by atoms with Gasteiger partial charge in [0.05, 0.1) is 22.4 Å². The zero-order valence-electron chi connectivity index (χ0n) is 19.9. The Morgan fingerprint density at radius 1 is 1.14 bits per heavy atom. The number of nitrogens with two attached hydrogens (primary N) is 1. The molecule has 2 N–H and O–H groups in total. The van der Waals surface area contributed by atoms with Gasteiger partial charge in [0.1, 0.15) is 5.52 Å². The minimum Gasteiger partial charge on any atom is -0.408 e. The molecule has 0 bridgehead atoms. The van der Waals surface area contributed by atoms with Gasteiger partial charge in [-0.1, -0.05) is 42.0 Å². The molecule has 36 heavy (non-hydrogen) atoms. The van der Waals surface area contributed by atoms with Gasteiger partial charge in [-0.3, -0.25) is 14.7 Å². The average molecular weight is 501 g/mol. The van der Waals surface area contributed by atoms with Crippen molar-refractivity contribution in [2.24, 2.45) is 5.73 Å². The number of fused-ring (bicyclic) bond motifs is 2. The molecule has 2 aliphatic rings. The second-order valence-electron chi connectivity index (χ2n) is 8.80. The van der Waals surface area contributed by atoms with E-state index in [1.165, 1.54) is 6.92 Å². The van der Waals surface area contributed by atoms with Crippen LogP contribution in [0, 0.1) is 0 Å². The molecular weight excluding hydrogens is 476 g/mol. The van der Waals surface area contributed by atoms with Gasteiger partial charge in [-0.05, 0) is 48.9 Å². The number of benzene rings is 2. The van der Waals surface area contributed by atoms with Crippen LogP contribution in [0.5, 0.6) is 5.75 Å². The fourth-order valence-electron chi connectivity index (χ4n) is 4.71. The molecule has 0 saturated carbocycles. The Balaban J connectivity index is 1.58. The molecule has 8 heteroatoms. The van der Waals surface area contributed by atoms with E-state index in [0.717, 1.165) is 16.8 Å². The summed E-state index contributed by atoms with van der Waals surface area (Å²) in [6.45, 7) is 3.69. The van der Waals surface area contributed by atoms with Gasteiger partial charge >= 0.3 is 6.09 Å². The van der Waals surface area contributed by atoms with Gasteiger partial charge in [0.25, 0.3) is 0 Å². The molecule has 182 valence electrons. The second kappa shape index (κ2) is 9.51. The number of halogens is 1. The first-order chi connectivity index (χ1) is 17.3. The van der Waals surface area contributed by atoms with Crippen LogP contribution in [0.25, 0.3) is 16.5 Å². The van der Waals surface area contributed by atoms with Gasteiger partial charge in [0.15, 0.2) is 5.75 Å². The zero-order chi connectivity index (χ0) is 25.4. The van der Waals surface area contributed by atoms with E-state index in [2.05, 4.69) is 4.98 Å². The Morgan fingerprint density at radius 2 is 1.97 bits per heavy atom. The predicted molar refractivity (Wildman–Crippen MR) is 143 cm³/mol. The molecule has 1 aromatic heterocycles. The summed E-state index contributed by atoms with van der Waals surface area (Å²) in [5.41, 5.74) is 10.5. The first-order valence-corrected chi connectivity index (χ1v) is 12.0. The Morgan fingerprint density at radius 3 is 2.78 bits per heavy atom. The van der Waals surface area contributed by atoms with E-state index < -0.39 is 6.09 Å². The minimum atomic E-state index is -0.572. The molecule has 1 aliphatic heterocycles. The number of carbonyl (C=O) groups excluding carboxylic acids is 2. The highest BCUT2D eigenvalue weighted by Crippen LogP contribution is 2.39. The van der Waals surface area contributed by atoms with Crippen LogP contribution in [0.4, 0.5) is 16.2 Å². The molecule has 2 amide bonds. The fourth-order valence-corrected chi connectivity index (χ4v) is 4.93. The Bertz CT molecular complexity index is 1480. The summed E-state index contributed by atoms with van der Waals surface area (Å²) in [6.07, 6.45) is 9.50. The van der Waals surface area contributed by atoms with Crippen molar-refractivity contribution in [3.63, 3.8) is 0 Å². The Hall–Kier alpha value is -4.10. The number of nitrogens with zero attached hydrogens (tertiary/aromatic N) is 3. The topological polar surface area (TPSA) is 88.8 Å². The van der Waals surface area contributed by atoms with Crippen LogP contribution < -0.4 is 20.3 Å². The lowest BCUT2D eigenvalue weighted by molar-refractivity contribution is -0.117. The van der Waals surface area contributed by atoms with Crippen LogP contribution in [0.1, 0.15) is 25.8 Å². The number of hydrogen-bond donors (Lipinski definition) is 1. The lowest BCUT2D eigenvalue weighted by atomic mass is 9.98. The molecule has 0 unspecified atom stereocenters. The van der Waals surface area contributed by atoms with E-state index in [0.29, 0.717) is 39.5 Å². The van der Waals surface area contributed by atoms with Crippen molar-refractivity contribution in [1.29, 1.82) is 0 Å². The van der Waals surface area contributed by atoms with E-state index in [1.807, 2.05) is 55.5 Å². The summed E-state index contributed by atoms with van der Waals surface area (Å²) in [5, 5.41) is 1.21. The number of pyridine rings is 1. The third kappa shape index (κ3) is 4.22. The Kier molecular flexibility index (Phi) is 6.24. The quantitative estimate of drug-likeness (QED) is 0.478. The van der Waals surface area contributed by atoms with E-state index in [4.69, 9.17) is 22.1 Å². The van der Waals surface area contributed by atoms with Crippen LogP contribution in [-0.4, -0.2) is 29.6 Å². The number of hydrogen-bond acceptors (Lipinski definition) is 5. The smallest absolute Gasteiger partial charge is 0.408 e. The monoisotopic (exact) mass is 500 g/mol. The molecule has 0 fully saturated rings. The molecule has 1 atom stereocenters. The van der Waals surface area contributed by atoms with Gasteiger partial charge < -0.3 is 15.4 Å². The minimum absolute atomic E-state index is 0.102. The van der Waals surface area contributed by atoms with Crippen molar-refractivity contribution in [3.05, 3.63) is 89.2 Å². The number of carbonyl (C=O) groups is 2. The third-order valence-electron chi connectivity index (χ3n) is 6.35. The lowest BCUT2D eigenvalue weighted by Gasteiger charge is -2.40. The van der Waals surface area contributed by atoms with E-state index in [1.54, 1.807) is 34.2 Å². The van der Waals surface area contributed by atoms with Crippen molar-refractivity contribution < 1.29 is 14.3 Å². The summed E-state index contributed by atoms with van der Waals surface area (Å²) in [7, 11) is 0. The molecular formula is C28H25ClN4O3. The van der Waals surface area contributed by atoms with E-state index >= 15 is 0 Å². The maximum absolute atomic E-state index is 13.6. The summed E-state index contributed by atoms with van der Waals surface area (Å²) in [5.74, 6) is 0.207. The molecule has 3 aromatic rings. The summed E-state index contributed by atoms with van der Waals surface area (Å²) < 4.78 is 5.85. The van der Waals surface area contributed by atoms with Crippen molar-refractivity contribution in [2.45, 2.75) is 26.3 Å². The number of aromatic nitrogens is 1. The van der Waals surface area contributed by atoms with Gasteiger partial charge in [0, 0.05) is 42.7 Å². The first-order valence-electron chi connectivity index (χ1n) is 11.6. The normalized spacial score (nSPS) is 17.2. The van der Waals surface area contributed by atoms with Crippen LogP contribution in [0.2, 0.25) is 5.02 Å². The highest BCUT2D eigenvalue weighted by atomic mass is 35.5. The number of allylic oxidation sites excluding steroid dienone is 5. The van der Waals surface area contributed by atoms with E-state index in [9.17, 15) is 9.59 Å². The van der Waals surface area contributed by atoms with Gasteiger partial charge in [0.2, 0.25) is 5.91 Å². The molecule has 2 aromatic carbocycles. The summed E-state index contributed by atoms with van der Waals surface area (Å²) in [6, 6.07) is 12.3. The number of anilines is 2. The highest BCUT2D eigenvalue weighted by molar-refractivity contribution is 6.35. The molecule has 0 saturated heterocycles.